The highest BCUT2D eigenvalue weighted by molar-refractivity contribution is 5.24. The molecule has 2 N–H and O–H groups in total. The van der Waals surface area contributed by atoms with Gasteiger partial charge in [-0.05, 0) is 50.8 Å². The highest BCUT2D eigenvalue weighted by Gasteiger charge is 2.31. The van der Waals surface area contributed by atoms with Crippen molar-refractivity contribution in [2.24, 2.45) is 5.92 Å². The first-order valence-corrected chi connectivity index (χ1v) is 8.31. The van der Waals surface area contributed by atoms with Crippen LogP contribution >= 0.6 is 0 Å². The van der Waals surface area contributed by atoms with Crippen LogP contribution in [0.1, 0.15) is 38.2 Å². The molecule has 3 nitrogen and oxygen atoms in total. The fourth-order valence-corrected chi connectivity index (χ4v) is 3.05. The van der Waals surface area contributed by atoms with E-state index in [2.05, 4.69) is 29.3 Å². The fraction of sp³-hybridized carbons (Fsp3) is 0.667. The van der Waals surface area contributed by atoms with Crippen molar-refractivity contribution in [2.75, 3.05) is 33.3 Å². The van der Waals surface area contributed by atoms with Crippen LogP contribution in [-0.4, -0.2) is 43.3 Å². The molecule has 0 heterocycles. The van der Waals surface area contributed by atoms with Crippen LogP contribution in [0.25, 0.3) is 0 Å². The molecule has 1 aliphatic rings. The van der Waals surface area contributed by atoms with Crippen LogP contribution in [0.2, 0.25) is 0 Å². The molecule has 21 heavy (non-hydrogen) atoms. The Morgan fingerprint density at radius 1 is 1.24 bits per heavy atom. The summed E-state index contributed by atoms with van der Waals surface area (Å²) in [7, 11) is 1.95. The predicted octanol–water partition coefficient (Wildman–Crippen LogP) is 2.61. The Morgan fingerprint density at radius 2 is 1.95 bits per heavy atom. The van der Waals surface area contributed by atoms with Crippen LogP contribution in [0.15, 0.2) is 30.3 Å². The molecule has 1 unspecified atom stereocenters. The molecule has 0 amide bonds. The van der Waals surface area contributed by atoms with Crippen LogP contribution < -0.4 is 5.32 Å². The van der Waals surface area contributed by atoms with E-state index < -0.39 is 0 Å². The van der Waals surface area contributed by atoms with E-state index in [-0.39, 0.29) is 12.1 Å². The quantitative estimate of drug-likeness (QED) is 0.695. The second-order valence-electron chi connectivity index (χ2n) is 6.35. The van der Waals surface area contributed by atoms with Crippen LogP contribution in [-0.2, 0) is 5.54 Å². The summed E-state index contributed by atoms with van der Waals surface area (Å²) in [5.41, 5.74) is 0.856. The lowest BCUT2D eigenvalue weighted by atomic mass is 9.87. The van der Waals surface area contributed by atoms with Crippen LogP contribution in [0, 0.1) is 5.92 Å². The minimum absolute atomic E-state index is 0.136. The Balaban J connectivity index is 2.00. The molecule has 1 aliphatic carbocycles. The van der Waals surface area contributed by atoms with Crippen molar-refractivity contribution < 1.29 is 5.11 Å². The van der Waals surface area contributed by atoms with Crippen molar-refractivity contribution in [3.63, 3.8) is 0 Å². The molecule has 3 heteroatoms. The first kappa shape index (κ1) is 16.5. The van der Waals surface area contributed by atoms with Gasteiger partial charge in [0.1, 0.15) is 0 Å². The highest BCUT2D eigenvalue weighted by Crippen LogP contribution is 2.31. The van der Waals surface area contributed by atoms with Gasteiger partial charge in [0.15, 0.2) is 0 Å². The minimum atomic E-state index is -0.323. The molecule has 1 atom stereocenters. The maximum absolute atomic E-state index is 9.99. The third-order valence-corrected chi connectivity index (χ3v) is 4.68. The monoisotopic (exact) mass is 290 g/mol. The van der Waals surface area contributed by atoms with E-state index >= 15 is 0 Å². The van der Waals surface area contributed by atoms with Crippen LogP contribution in [0.3, 0.4) is 0 Å². The number of benzene rings is 1. The Morgan fingerprint density at radius 3 is 2.48 bits per heavy atom. The van der Waals surface area contributed by atoms with Crippen molar-refractivity contribution in [2.45, 2.75) is 38.1 Å². The maximum Gasteiger partial charge on any atom is 0.0678 e. The number of hydrogen-bond donors (Lipinski definition) is 2. The van der Waals surface area contributed by atoms with E-state index in [1.807, 2.05) is 25.2 Å². The number of nitrogens with zero attached hydrogens (tertiary/aromatic N) is 1. The summed E-state index contributed by atoms with van der Waals surface area (Å²) in [4.78, 5) is 2.57. The summed E-state index contributed by atoms with van der Waals surface area (Å²) in [6.45, 7) is 5.82. The van der Waals surface area contributed by atoms with Crippen molar-refractivity contribution in [3.8, 4) is 0 Å². The fourth-order valence-electron chi connectivity index (χ4n) is 3.05. The standard InChI is InChI=1S/C18H30N2O/c1-3-12-20(14-16-9-10-16)13-11-18(15-21,19-2)17-7-5-4-6-8-17/h4-8,16,19,21H,3,9-15H2,1-2H3. The third-order valence-electron chi connectivity index (χ3n) is 4.68. The van der Waals surface area contributed by atoms with E-state index in [1.165, 1.54) is 31.4 Å². The van der Waals surface area contributed by atoms with Gasteiger partial charge >= 0.3 is 0 Å². The van der Waals surface area contributed by atoms with Crippen molar-refractivity contribution in [1.29, 1.82) is 0 Å². The highest BCUT2D eigenvalue weighted by atomic mass is 16.3. The van der Waals surface area contributed by atoms with Crippen molar-refractivity contribution in [1.82, 2.24) is 10.2 Å². The molecule has 1 fully saturated rings. The van der Waals surface area contributed by atoms with E-state index in [9.17, 15) is 5.11 Å². The summed E-state index contributed by atoms with van der Waals surface area (Å²) in [6.07, 6.45) is 4.94. The molecule has 1 aromatic carbocycles. The van der Waals surface area contributed by atoms with Gasteiger partial charge in [-0.15, -0.1) is 0 Å². The smallest absolute Gasteiger partial charge is 0.0678 e. The van der Waals surface area contributed by atoms with E-state index in [0.717, 1.165) is 25.4 Å². The number of likely N-dealkylation sites (N-methyl/N-ethyl adjacent to an activating group) is 1. The Kier molecular flexibility index (Phi) is 6.22. The molecular weight excluding hydrogens is 260 g/mol. The van der Waals surface area contributed by atoms with Gasteiger partial charge in [0.25, 0.3) is 0 Å². The van der Waals surface area contributed by atoms with Gasteiger partial charge in [-0.25, -0.2) is 0 Å². The average molecular weight is 290 g/mol. The lowest BCUT2D eigenvalue weighted by Crippen LogP contribution is -2.46. The number of aliphatic hydroxyl groups excluding tert-OH is 1. The molecule has 0 saturated heterocycles. The summed E-state index contributed by atoms with van der Waals surface area (Å²) in [5, 5.41) is 13.4. The second-order valence-corrected chi connectivity index (χ2v) is 6.35. The molecular formula is C18H30N2O. The van der Waals surface area contributed by atoms with Crippen LogP contribution in [0.4, 0.5) is 0 Å². The summed E-state index contributed by atoms with van der Waals surface area (Å²) < 4.78 is 0. The molecule has 2 rings (SSSR count). The second kappa shape index (κ2) is 7.92. The predicted molar refractivity (Wildman–Crippen MR) is 88.3 cm³/mol. The summed E-state index contributed by atoms with van der Waals surface area (Å²) in [5.74, 6) is 0.923. The Bertz CT molecular complexity index is 399. The van der Waals surface area contributed by atoms with Crippen molar-refractivity contribution in [3.05, 3.63) is 35.9 Å². The van der Waals surface area contributed by atoms with Crippen molar-refractivity contribution >= 4 is 0 Å². The number of hydrogen-bond acceptors (Lipinski definition) is 3. The first-order valence-electron chi connectivity index (χ1n) is 8.31. The topological polar surface area (TPSA) is 35.5 Å². The van der Waals surface area contributed by atoms with E-state index in [4.69, 9.17) is 0 Å². The number of rotatable bonds is 10. The molecule has 1 aromatic rings. The molecule has 0 aliphatic heterocycles. The third kappa shape index (κ3) is 4.53. The largest absolute Gasteiger partial charge is 0.394 e. The van der Waals surface area contributed by atoms with Gasteiger partial charge in [-0.1, -0.05) is 37.3 Å². The molecule has 0 radical (unpaired) electrons. The number of nitrogens with one attached hydrogen (secondary N) is 1. The van der Waals surface area contributed by atoms with Gasteiger partial charge in [-0.3, -0.25) is 0 Å². The average Bonchev–Trinajstić information content (AvgIpc) is 3.34. The number of aliphatic hydroxyl groups is 1. The summed E-state index contributed by atoms with van der Waals surface area (Å²) in [6, 6.07) is 10.3. The zero-order valence-electron chi connectivity index (χ0n) is 13.5. The molecule has 0 bridgehead atoms. The maximum atomic E-state index is 9.99. The zero-order valence-corrected chi connectivity index (χ0v) is 13.5. The van der Waals surface area contributed by atoms with Gasteiger partial charge in [-0.2, -0.15) is 0 Å². The molecule has 118 valence electrons. The molecule has 0 aromatic heterocycles. The lowest BCUT2D eigenvalue weighted by Gasteiger charge is -2.35. The zero-order chi connectivity index (χ0) is 15.1. The van der Waals surface area contributed by atoms with E-state index in [1.54, 1.807) is 0 Å². The van der Waals surface area contributed by atoms with Gasteiger partial charge in [0, 0.05) is 13.1 Å². The first-order chi connectivity index (χ1) is 10.2. The summed E-state index contributed by atoms with van der Waals surface area (Å²) >= 11 is 0. The SMILES string of the molecule is CCCN(CCC(CO)(NC)c1ccccc1)CC1CC1. The van der Waals surface area contributed by atoms with Gasteiger partial charge in [0.2, 0.25) is 0 Å². The van der Waals surface area contributed by atoms with E-state index in [0.29, 0.717) is 0 Å². The van der Waals surface area contributed by atoms with Gasteiger partial charge < -0.3 is 15.3 Å². The molecule has 1 saturated carbocycles. The Hall–Kier alpha value is -0.900. The Labute approximate surface area is 129 Å². The van der Waals surface area contributed by atoms with Crippen LogP contribution in [0.5, 0.6) is 0 Å². The minimum Gasteiger partial charge on any atom is -0.394 e. The normalized spacial score (nSPS) is 17.9. The van der Waals surface area contributed by atoms with Gasteiger partial charge in [0.05, 0.1) is 12.1 Å². The lowest BCUT2D eigenvalue weighted by molar-refractivity contribution is 0.136. The molecule has 0 spiro atoms.